The minimum absolute atomic E-state index is 0.131. The number of halogens is 3. The van der Waals surface area contributed by atoms with Gasteiger partial charge in [-0.25, -0.2) is 0 Å². The van der Waals surface area contributed by atoms with Crippen molar-refractivity contribution in [2.75, 3.05) is 0 Å². The minimum atomic E-state index is -5.75. The zero-order valence-corrected chi connectivity index (χ0v) is 19.9. The highest BCUT2D eigenvalue weighted by Crippen LogP contribution is 2.46. The molecule has 1 aromatic rings. The third-order valence-electron chi connectivity index (χ3n) is 5.89. The fourth-order valence-corrected chi connectivity index (χ4v) is 4.96. The van der Waals surface area contributed by atoms with Gasteiger partial charge in [-0.2, -0.15) is 21.6 Å². The zero-order valence-electron chi connectivity index (χ0n) is 18.1. The summed E-state index contributed by atoms with van der Waals surface area (Å²) in [5.41, 5.74) is -4.68. The van der Waals surface area contributed by atoms with Gasteiger partial charge in [-0.3, -0.25) is 0 Å². The molecule has 0 radical (unpaired) electrons. The molecule has 30 heavy (non-hydrogen) atoms. The SMILES string of the molecule is CC(C)(C)[Si](C)(C)O[C@@H](c1ccccc1)[C@@H]1CCCCC=C1OS(=O)(=O)C(F)(F)F. The fraction of sp³-hybridized carbons (Fsp3) is 0.619. The zero-order chi connectivity index (χ0) is 22.8. The lowest BCUT2D eigenvalue weighted by molar-refractivity contribution is -0.0533. The number of hydrogen-bond donors (Lipinski definition) is 0. The Morgan fingerprint density at radius 3 is 2.20 bits per heavy atom. The van der Waals surface area contributed by atoms with Crippen LogP contribution in [0.3, 0.4) is 0 Å². The molecule has 170 valence electrons. The lowest BCUT2D eigenvalue weighted by Crippen LogP contribution is -2.43. The predicted octanol–water partition coefficient (Wildman–Crippen LogP) is 6.69. The van der Waals surface area contributed by atoms with Gasteiger partial charge in [-0.1, -0.05) is 57.5 Å². The second kappa shape index (κ2) is 9.04. The van der Waals surface area contributed by atoms with Crippen LogP contribution in [0.1, 0.15) is 58.1 Å². The molecule has 0 unspecified atom stereocenters. The van der Waals surface area contributed by atoms with E-state index in [1.54, 1.807) is 0 Å². The van der Waals surface area contributed by atoms with E-state index in [1.165, 1.54) is 6.08 Å². The topological polar surface area (TPSA) is 52.6 Å². The van der Waals surface area contributed by atoms with E-state index in [0.29, 0.717) is 12.8 Å². The van der Waals surface area contributed by atoms with Crippen molar-refractivity contribution < 1.29 is 30.2 Å². The Bertz CT molecular complexity index is 843. The van der Waals surface area contributed by atoms with E-state index in [4.69, 9.17) is 4.43 Å². The van der Waals surface area contributed by atoms with Crippen LogP contribution in [0.4, 0.5) is 13.2 Å². The van der Waals surface area contributed by atoms with Crippen molar-refractivity contribution >= 4 is 18.4 Å². The van der Waals surface area contributed by atoms with Gasteiger partial charge in [0.25, 0.3) is 0 Å². The summed E-state index contributed by atoms with van der Waals surface area (Å²) in [6.07, 6.45) is 3.31. The molecule has 0 heterocycles. The smallest absolute Gasteiger partial charge is 0.409 e. The summed E-state index contributed by atoms with van der Waals surface area (Å²) < 4.78 is 73.9. The molecule has 9 heteroatoms. The number of hydrogen-bond acceptors (Lipinski definition) is 4. The molecule has 0 N–H and O–H groups in total. The van der Waals surface area contributed by atoms with Gasteiger partial charge in [0.1, 0.15) is 5.76 Å². The van der Waals surface area contributed by atoms with Crippen LogP contribution in [0, 0.1) is 5.92 Å². The van der Waals surface area contributed by atoms with Crippen molar-refractivity contribution in [2.45, 2.75) is 76.2 Å². The summed E-state index contributed by atoms with van der Waals surface area (Å²) in [6, 6.07) is 9.24. The summed E-state index contributed by atoms with van der Waals surface area (Å²) in [7, 11) is -8.08. The first kappa shape index (κ1) is 24.9. The Hall–Kier alpha value is -1.32. The van der Waals surface area contributed by atoms with Gasteiger partial charge >= 0.3 is 15.6 Å². The van der Waals surface area contributed by atoms with Gasteiger partial charge in [0.05, 0.1) is 6.10 Å². The minimum Gasteiger partial charge on any atom is -0.409 e. The van der Waals surface area contributed by atoms with E-state index in [9.17, 15) is 21.6 Å². The maximum Gasteiger partial charge on any atom is 0.534 e. The third-order valence-corrected chi connectivity index (χ3v) is 11.3. The molecule has 1 aliphatic rings. The molecule has 0 saturated carbocycles. The molecule has 1 aliphatic carbocycles. The second-order valence-corrected chi connectivity index (χ2v) is 15.5. The van der Waals surface area contributed by atoms with Gasteiger partial charge in [0.15, 0.2) is 8.32 Å². The maximum absolute atomic E-state index is 13.0. The van der Waals surface area contributed by atoms with E-state index in [-0.39, 0.29) is 10.8 Å². The molecular formula is C21H31F3O4SSi. The largest absolute Gasteiger partial charge is 0.534 e. The average Bonchev–Trinajstić information content (AvgIpc) is 2.83. The van der Waals surface area contributed by atoms with Crippen molar-refractivity contribution in [3.63, 3.8) is 0 Å². The molecule has 2 rings (SSSR count). The van der Waals surface area contributed by atoms with Crippen LogP contribution in [0.5, 0.6) is 0 Å². The molecule has 1 aromatic carbocycles. The Kier molecular flexibility index (Phi) is 7.52. The van der Waals surface area contributed by atoms with Crippen molar-refractivity contribution in [2.24, 2.45) is 5.92 Å². The van der Waals surface area contributed by atoms with Crippen LogP contribution < -0.4 is 0 Å². The standard InChI is InChI=1S/C21H31F3O4SSi/c1-20(2,3)30(4,5)28-19(16-12-8-6-9-13-16)17-14-10-7-11-15-18(17)27-29(25,26)21(22,23)24/h6,8-9,12-13,15,17,19H,7,10-11,14H2,1-5H3/t17-,19+/m1/s1. The highest BCUT2D eigenvalue weighted by molar-refractivity contribution is 7.87. The quantitative estimate of drug-likeness (QED) is 0.267. The van der Waals surface area contributed by atoms with Crippen LogP contribution in [0.15, 0.2) is 42.2 Å². The Labute approximate surface area is 178 Å². The molecule has 0 aliphatic heterocycles. The Balaban J connectivity index is 2.51. The van der Waals surface area contributed by atoms with Gasteiger partial charge < -0.3 is 8.61 Å². The molecule has 0 bridgehead atoms. The first-order valence-electron chi connectivity index (χ1n) is 10.1. The maximum atomic E-state index is 13.0. The highest BCUT2D eigenvalue weighted by atomic mass is 32.2. The van der Waals surface area contributed by atoms with E-state index in [1.807, 2.05) is 30.3 Å². The summed E-state index contributed by atoms with van der Waals surface area (Å²) >= 11 is 0. The highest BCUT2D eigenvalue weighted by Gasteiger charge is 2.50. The lowest BCUT2D eigenvalue weighted by Gasteiger charge is -2.41. The van der Waals surface area contributed by atoms with Gasteiger partial charge in [0.2, 0.25) is 0 Å². The van der Waals surface area contributed by atoms with Crippen molar-refractivity contribution in [3.05, 3.63) is 47.7 Å². The number of alkyl halides is 3. The Morgan fingerprint density at radius 2 is 1.67 bits per heavy atom. The van der Waals surface area contributed by atoms with Gasteiger partial charge in [0, 0.05) is 5.92 Å². The lowest BCUT2D eigenvalue weighted by atomic mass is 9.90. The predicted molar refractivity (Wildman–Crippen MR) is 114 cm³/mol. The van der Waals surface area contributed by atoms with E-state index < -0.39 is 36.0 Å². The van der Waals surface area contributed by atoms with Crippen LogP contribution in [-0.2, 0) is 18.7 Å². The van der Waals surface area contributed by atoms with Crippen molar-refractivity contribution in [1.82, 2.24) is 0 Å². The number of benzene rings is 1. The van der Waals surface area contributed by atoms with Crippen LogP contribution in [0.25, 0.3) is 0 Å². The van der Waals surface area contributed by atoms with Crippen molar-refractivity contribution in [3.8, 4) is 0 Å². The van der Waals surface area contributed by atoms with E-state index in [0.717, 1.165) is 18.4 Å². The molecule has 0 amide bonds. The molecule has 2 atom stereocenters. The van der Waals surface area contributed by atoms with Crippen molar-refractivity contribution in [1.29, 1.82) is 0 Å². The summed E-state index contributed by atoms with van der Waals surface area (Å²) in [6.45, 7) is 10.4. The Morgan fingerprint density at radius 1 is 1.07 bits per heavy atom. The monoisotopic (exact) mass is 464 g/mol. The first-order chi connectivity index (χ1) is 13.7. The van der Waals surface area contributed by atoms with Crippen LogP contribution >= 0.6 is 0 Å². The molecular weight excluding hydrogens is 433 g/mol. The molecule has 0 spiro atoms. The van der Waals surface area contributed by atoms with Gasteiger partial charge in [-0.05, 0) is 49.0 Å². The van der Waals surface area contributed by atoms with E-state index >= 15 is 0 Å². The molecule has 0 fully saturated rings. The number of allylic oxidation sites excluding steroid dienone is 1. The van der Waals surface area contributed by atoms with E-state index in [2.05, 4.69) is 38.0 Å². The normalized spacial score (nSPS) is 20.3. The third kappa shape index (κ3) is 5.88. The molecule has 4 nitrogen and oxygen atoms in total. The molecule has 0 aromatic heterocycles. The average molecular weight is 465 g/mol. The summed E-state index contributed by atoms with van der Waals surface area (Å²) in [4.78, 5) is 0. The summed E-state index contributed by atoms with van der Waals surface area (Å²) in [5, 5.41) is -0.131. The van der Waals surface area contributed by atoms with Crippen LogP contribution in [0.2, 0.25) is 18.1 Å². The summed E-state index contributed by atoms with van der Waals surface area (Å²) in [5.74, 6) is -0.793. The van der Waals surface area contributed by atoms with Crippen LogP contribution in [-0.4, -0.2) is 22.2 Å². The number of rotatable bonds is 6. The molecule has 0 saturated heterocycles. The van der Waals surface area contributed by atoms with Gasteiger partial charge in [-0.15, -0.1) is 0 Å². The first-order valence-corrected chi connectivity index (χ1v) is 14.4. The fourth-order valence-electron chi connectivity index (χ4n) is 3.14. The second-order valence-electron chi connectivity index (χ2n) is 9.19.